The van der Waals surface area contributed by atoms with Gasteiger partial charge >= 0.3 is 0 Å². The second-order valence-electron chi connectivity index (χ2n) is 9.68. The summed E-state index contributed by atoms with van der Waals surface area (Å²) in [5, 5.41) is 11.2. The molecule has 2 N–H and O–H groups in total. The fourth-order valence-electron chi connectivity index (χ4n) is 4.95. The number of carbonyl (C=O) groups excluding carboxylic acids is 1. The molecule has 0 saturated carbocycles. The van der Waals surface area contributed by atoms with Gasteiger partial charge in [-0.05, 0) is 67.8 Å². The Labute approximate surface area is 238 Å². The van der Waals surface area contributed by atoms with Gasteiger partial charge in [0.25, 0.3) is 5.91 Å². The predicted molar refractivity (Wildman–Crippen MR) is 157 cm³/mol. The van der Waals surface area contributed by atoms with Crippen LogP contribution >= 0.6 is 0 Å². The Morgan fingerprint density at radius 1 is 0.854 bits per heavy atom. The summed E-state index contributed by atoms with van der Waals surface area (Å²) in [6.45, 7) is 5.96. The first-order chi connectivity index (χ1) is 19.8. The Kier molecular flexibility index (Phi) is 7.56. The molecule has 0 fully saturated rings. The zero-order chi connectivity index (χ0) is 29.3. The summed E-state index contributed by atoms with van der Waals surface area (Å²) in [7, 11) is 6.22. The van der Waals surface area contributed by atoms with E-state index >= 15 is 0 Å². The lowest BCUT2D eigenvalue weighted by Crippen LogP contribution is -2.31. The maximum absolute atomic E-state index is 14.0. The Balaban J connectivity index is 1.68. The quantitative estimate of drug-likeness (QED) is 0.292. The normalized spacial score (nSPS) is 14.2. The van der Waals surface area contributed by atoms with E-state index in [1.165, 1.54) is 5.56 Å². The molecule has 1 aliphatic rings. The summed E-state index contributed by atoms with van der Waals surface area (Å²) in [4.78, 5) is 18.8. The molecule has 0 bridgehead atoms. The van der Waals surface area contributed by atoms with Crippen molar-refractivity contribution >= 4 is 17.5 Å². The highest BCUT2D eigenvalue weighted by atomic mass is 16.5. The Morgan fingerprint density at radius 3 is 2.17 bits per heavy atom. The van der Waals surface area contributed by atoms with E-state index in [4.69, 9.17) is 29.0 Å². The van der Waals surface area contributed by atoms with E-state index in [0.29, 0.717) is 57.3 Å². The molecule has 0 aliphatic carbocycles. The van der Waals surface area contributed by atoms with E-state index in [9.17, 15) is 4.79 Å². The van der Waals surface area contributed by atoms with E-state index in [1.54, 1.807) is 45.3 Å². The van der Waals surface area contributed by atoms with Crippen molar-refractivity contribution in [3.63, 3.8) is 0 Å². The summed E-state index contributed by atoms with van der Waals surface area (Å²) < 4.78 is 24.0. The largest absolute Gasteiger partial charge is 0.495 e. The highest BCUT2D eigenvalue weighted by molar-refractivity contribution is 6.06. The number of benzene rings is 3. The van der Waals surface area contributed by atoms with Gasteiger partial charge in [-0.1, -0.05) is 24.3 Å². The molecule has 10 heteroatoms. The summed E-state index contributed by atoms with van der Waals surface area (Å²) in [6.07, 6.45) is 0. The van der Waals surface area contributed by atoms with Crippen molar-refractivity contribution in [2.75, 3.05) is 39.1 Å². The van der Waals surface area contributed by atoms with Crippen LogP contribution in [0.4, 0.5) is 11.6 Å². The van der Waals surface area contributed by atoms with Gasteiger partial charge in [0, 0.05) is 11.3 Å². The van der Waals surface area contributed by atoms with Gasteiger partial charge in [0.1, 0.15) is 11.8 Å². The molecule has 10 nitrogen and oxygen atoms in total. The van der Waals surface area contributed by atoms with Gasteiger partial charge < -0.3 is 29.6 Å². The minimum Gasteiger partial charge on any atom is -0.495 e. The van der Waals surface area contributed by atoms with Crippen LogP contribution in [-0.2, 0) is 4.79 Å². The van der Waals surface area contributed by atoms with E-state index < -0.39 is 6.04 Å². The van der Waals surface area contributed by atoms with E-state index in [1.807, 2.05) is 43.3 Å². The third-order valence-electron chi connectivity index (χ3n) is 7.22. The van der Waals surface area contributed by atoms with Crippen LogP contribution in [0.3, 0.4) is 0 Å². The first-order valence-corrected chi connectivity index (χ1v) is 13.1. The lowest BCUT2D eigenvalue weighted by atomic mass is 9.94. The maximum atomic E-state index is 14.0. The van der Waals surface area contributed by atoms with Gasteiger partial charge in [0.05, 0.1) is 39.7 Å². The molecule has 5 rings (SSSR count). The second-order valence-corrected chi connectivity index (χ2v) is 9.68. The van der Waals surface area contributed by atoms with Crippen molar-refractivity contribution in [2.24, 2.45) is 0 Å². The Bertz CT molecular complexity index is 1630. The minimum atomic E-state index is -0.678. The molecule has 212 valence electrons. The van der Waals surface area contributed by atoms with Gasteiger partial charge in [-0.2, -0.15) is 4.98 Å². The standard InChI is InChI=1S/C31H33N5O5/c1-17-12-13-20(14-18(17)2)29-34-31-32-19(3)26(30(37)33-22-10-8-9-11-23(22)38-4)27(36(31)35-29)21-15-24(39-5)28(41-7)25(16-21)40-6/h8-16,27H,1-7H3,(H,33,37)(H,32,34,35). The minimum absolute atomic E-state index is 0.327. The number of para-hydroxylation sites is 2. The van der Waals surface area contributed by atoms with Gasteiger partial charge in [0.15, 0.2) is 17.3 Å². The summed E-state index contributed by atoms with van der Waals surface area (Å²) in [6, 6.07) is 16.3. The van der Waals surface area contributed by atoms with E-state index in [-0.39, 0.29) is 5.91 Å². The molecule has 4 aromatic rings. The molecule has 0 radical (unpaired) electrons. The smallest absolute Gasteiger partial charge is 0.255 e. The van der Waals surface area contributed by atoms with Crippen molar-refractivity contribution < 1.29 is 23.7 Å². The molecule has 0 spiro atoms. The van der Waals surface area contributed by atoms with Gasteiger partial charge in [-0.3, -0.25) is 4.79 Å². The molecule has 1 atom stereocenters. The highest BCUT2D eigenvalue weighted by Gasteiger charge is 2.36. The van der Waals surface area contributed by atoms with Crippen molar-refractivity contribution in [1.29, 1.82) is 0 Å². The number of allylic oxidation sites excluding steroid dienone is 1. The first kappa shape index (κ1) is 27.6. The number of hydrogen-bond donors (Lipinski definition) is 2. The molecule has 2 heterocycles. The molecule has 41 heavy (non-hydrogen) atoms. The van der Waals surface area contributed by atoms with Crippen LogP contribution in [0.15, 0.2) is 65.9 Å². The fourth-order valence-corrected chi connectivity index (χ4v) is 4.95. The Hall–Kier alpha value is -4.99. The number of fused-ring (bicyclic) bond motifs is 1. The van der Waals surface area contributed by atoms with E-state index in [0.717, 1.165) is 11.1 Å². The summed E-state index contributed by atoms with van der Waals surface area (Å²) in [5.74, 6) is 2.62. The third kappa shape index (κ3) is 5.04. The zero-order valence-corrected chi connectivity index (χ0v) is 24.2. The number of methoxy groups -OCH3 is 4. The lowest BCUT2D eigenvalue weighted by Gasteiger charge is -2.29. The number of anilines is 2. The van der Waals surface area contributed by atoms with Crippen LogP contribution in [0, 0.1) is 13.8 Å². The molecule has 1 unspecified atom stereocenters. The highest BCUT2D eigenvalue weighted by Crippen LogP contribution is 2.44. The SMILES string of the molecule is COc1ccccc1NC(=O)C1=C(C)Nc2nc(-c3ccc(C)c(C)c3)nn2C1c1cc(OC)c(OC)c(OC)c1. The number of rotatable bonds is 8. The summed E-state index contributed by atoms with van der Waals surface area (Å²) >= 11 is 0. The Morgan fingerprint density at radius 2 is 1.54 bits per heavy atom. The maximum Gasteiger partial charge on any atom is 0.255 e. The topological polar surface area (TPSA) is 109 Å². The second kappa shape index (κ2) is 11.2. The molecule has 3 aromatic carbocycles. The molecule has 1 amide bonds. The van der Waals surface area contributed by atoms with Crippen molar-refractivity contribution in [3.05, 3.63) is 82.6 Å². The molecular formula is C31H33N5O5. The fraction of sp³-hybridized carbons (Fsp3) is 0.258. The number of ether oxygens (including phenoxy) is 4. The number of aryl methyl sites for hydroxylation is 2. The van der Waals surface area contributed by atoms with Crippen molar-refractivity contribution in [2.45, 2.75) is 26.8 Å². The van der Waals surface area contributed by atoms with Crippen LogP contribution in [-0.4, -0.2) is 49.1 Å². The number of nitrogens with zero attached hydrogens (tertiary/aromatic N) is 3. The average molecular weight is 556 g/mol. The number of nitrogens with one attached hydrogen (secondary N) is 2. The van der Waals surface area contributed by atoms with Crippen LogP contribution in [0.25, 0.3) is 11.4 Å². The zero-order valence-electron chi connectivity index (χ0n) is 24.2. The molecule has 1 aliphatic heterocycles. The molecule has 1 aromatic heterocycles. The molecular weight excluding hydrogens is 522 g/mol. The van der Waals surface area contributed by atoms with Crippen LogP contribution in [0.2, 0.25) is 0 Å². The number of amides is 1. The van der Waals surface area contributed by atoms with Crippen molar-refractivity contribution in [3.8, 4) is 34.4 Å². The average Bonchev–Trinajstić information content (AvgIpc) is 3.40. The van der Waals surface area contributed by atoms with Crippen LogP contribution in [0.5, 0.6) is 23.0 Å². The summed E-state index contributed by atoms with van der Waals surface area (Å²) in [5.41, 5.74) is 5.50. The van der Waals surface area contributed by atoms with Crippen LogP contribution in [0.1, 0.15) is 29.7 Å². The first-order valence-electron chi connectivity index (χ1n) is 13.1. The van der Waals surface area contributed by atoms with E-state index in [2.05, 4.69) is 30.5 Å². The third-order valence-corrected chi connectivity index (χ3v) is 7.22. The van der Waals surface area contributed by atoms with Gasteiger partial charge in [0.2, 0.25) is 11.7 Å². The van der Waals surface area contributed by atoms with Gasteiger partial charge in [-0.25, -0.2) is 4.68 Å². The van der Waals surface area contributed by atoms with Crippen molar-refractivity contribution in [1.82, 2.24) is 14.8 Å². The number of carbonyl (C=O) groups is 1. The van der Waals surface area contributed by atoms with Gasteiger partial charge in [-0.15, -0.1) is 5.10 Å². The molecule has 0 saturated heterocycles. The lowest BCUT2D eigenvalue weighted by molar-refractivity contribution is -0.113. The number of hydrogen-bond acceptors (Lipinski definition) is 8. The monoisotopic (exact) mass is 555 g/mol. The predicted octanol–water partition coefficient (Wildman–Crippen LogP) is 5.52. The van der Waals surface area contributed by atoms with Crippen LogP contribution < -0.4 is 29.6 Å². The number of aromatic nitrogens is 3.